The highest BCUT2D eigenvalue weighted by Crippen LogP contribution is 2.61. The van der Waals surface area contributed by atoms with E-state index in [9.17, 15) is 0 Å². The van der Waals surface area contributed by atoms with Crippen LogP contribution in [-0.4, -0.2) is 19.3 Å². The number of hydrogen-bond donors (Lipinski definition) is 0. The Kier molecular flexibility index (Phi) is 5.26. The van der Waals surface area contributed by atoms with Crippen LogP contribution in [0, 0.1) is 0 Å². The van der Waals surface area contributed by atoms with Crippen LogP contribution in [0.4, 0.5) is 11.4 Å². The molecule has 0 saturated heterocycles. The minimum atomic E-state index is -1.78. The molecule has 5 rings (SSSR count). The summed E-state index contributed by atoms with van der Waals surface area (Å²) in [5, 5.41) is 4.37. The molecule has 0 radical (unpaired) electrons. The third-order valence-electron chi connectivity index (χ3n) is 6.28. The number of anilines is 2. The fourth-order valence-corrected chi connectivity index (χ4v) is 9.65. The Morgan fingerprint density at radius 2 is 1.26 bits per heavy atom. The van der Waals surface area contributed by atoms with Crippen LogP contribution in [0.25, 0.3) is 0 Å². The van der Waals surface area contributed by atoms with Crippen molar-refractivity contribution in [3.8, 4) is 5.75 Å². The van der Waals surface area contributed by atoms with Gasteiger partial charge in [-0.05, 0) is 67.6 Å². The quantitative estimate of drug-likeness (QED) is 0.400. The Labute approximate surface area is 185 Å². The van der Waals surface area contributed by atoms with E-state index in [1.165, 1.54) is 27.3 Å². The van der Waals surface area contributed by atoms with Crippen molar-refractivity contribution in [1.82, 2.24) is 0 Å². The summed E-state index contributed by atoms with van der Waals surface area (Å²) < 4.78 is 5.39. The van der Waals surface area contributed by atoms with Crippen molar-refractivity contribution in [3.63, 3.8) is 0 Å². The van der Waals surface area contributed by atoms with E-state index in [1.54, 1.807) is 7.11 Å². The maximum Gasteiger partial charge on any atom is 0.128 e. The molecule has 154 valence electrons. The minimum absolute atomic E-state index is 0.358. The number of benzene rings is 4. The summed E-state index contributed by atoms with van der Waals surface area (Å²) in [6, 6.07) is 40.1. The second kappa shape index (κ2) is 8.21. The second-order valence-electron chi connectivity index (χ2n) is 8.07. The highest BCUT2D eigenvalue weighted by atomic mass is 31.2. The van der Waals surface area contributed by atoms with Crippen LogP contribution in [0.5, 0.6) is 5.75 Å². The van der Waals surface area contributed by atoms with E-state index < -0.39 is 7.26 Å². The van der Waals surface area contributed by atoms with Crippen LogP contribution in [-0.2, 0) is 0 Å². The first-order valence-electron chi connectivity index (χ1n) is 10.8. The van der Waals surface area contributed by atoms with Gasteiger partial charge in [-0.1, -0.05) is 48.5 Å². The van der Waals surface area contributed by atoms with E-state index in [-0.39, 0.29) is 0 Å². The highest BCUT2D eigenvalue weighted by molar-refractivity contribution is 7.96. The molecule has 0 N–H and O–H groups in total. The van der Waals surface area contributed by atoms with Crippen molar-refractivity contribution < 1.29 is 4.74 Å². The van der Waals surface area contributed by atoms with Gasteiger partial charge in [0.05, 0.1) is 25.0 Å². The van der Waals surface area contributed by atoms with Crippen molar-refractivity contribution in [2.24, 2.45) is 0 Å². The summed E-state index contributed by atoms with van der Waals surface area (Å²) >= 11 is 0. The number of fused-ring (bicyclic) bond motifs is 1. The predicted molar refractivity (Wildman–Crippen MR) is 135 cm³/mol. The van der Waals surface area contributed by atoms with Gasteiger partial charge in [0.1, 0.15) is 28.9 Å². The molecule has 31 heavy (non-hydrogen) atoms. The third kappa shape index (κ3) is 3.32. The van der Waals surface area contributed by atoms with Crippen molar-refractivity contribution >= 4 is 34.6 Å². The molecule has 0 aromatic heterocycles. The Morgan fingerprint density at radius 1 is 0.710 bits per heavy atom. The molecule has 0 fully saturated rings. The molecule has 0 aliphatic carbocycles. The zero-order valence-electron chi connectivity index (χ0n) is 18.0. The summed E-state index contributed by atoms with van der Waals surface area (Å²) in [5.41, 5.74) is 2.52. The van der Waals surface area contributed by atoms with E-state index in [1.807, 2.05) is 0 Å². The van der Waals surface area contributed by atoms with Gasteiger partial charge < -0.3 is 9.64 Å². The maximum atomic E-state index is 5.39. The number of rotatable bonds is 4. The third-order valence-corrected chi connectivity index (χ3v) is 10.9. The van der Waals surface area contributed by atoms with Crippen molar-refractivity contribution in [3.05, 3.63) is 109 Å². The lowest BCUT2D eigenvalue weighted by Gasteiger charge is -2.42. The van der Waals surface area contributed by atoms with Gasteiger partial charge in [-0.2, -0.15) is 0 Å². The Morgan fingerprint density at radius 3 is 1.84 bits per heavy atom. The number of para-hydroxylation sites is 1. The van der Waals surface area contributed by atoms with Gasteiger partial charge in [-0.25, -0.2) is 0 Å². The molecule has 4 aromatic carbocycles. The lowest BCUT2D eigenvalue weighted by atomic mass is 10.1. The molecule has 1 atom stereocenters. The fraction of sp³-hybridized carbons (Fsp3) is 0.143. The van der Waals surface area contributed by atoms with Crippen molar-refractivity contribution in [2.75, 3.05) is 18.2 Å². The van der Waals surface area contributed by atoms with Crippen LogP contribution < -0.4 is 25.6 Å². The van der Waals surface area contributed by atoms with Gasteiger partial charge in [0, 0.05) is 5.69 Å². The molecule has 1 aliphatic heterocycles. The Bertz CT molecular complexity index is 1120. The van der Waals surface area contributed by atoms with E-state index in [2.05, 4.69) is 121 Å². The molecular weight excluding hydrogens is 397 g/mol. The average molecular weight is 425 g/mol. The van der Waals surface area contributed by atoms with Crippen LogP contribution in [0.1, 0.15) is 6.92 Å². The lowest BCUT2D eigenvalue weighted by Crippen LogP contribution is -2.48. The molecule has 0 spiro atoms. The molecule has 2 nitrogen and oxygen atoms in total. The zero-order valence-corrected chi connectivity index (χ0v) is 18.9. The molecule has 0 bridgehead atoms. The number of hydrogen-bond acceptors (Lipinski definition) is 2. The normalized spacial score (nSPS) is 17.1. The smallest absolute Gasteiger partial charge is 0.128 e. The number of methoxy groups -OCH3 is 1. The average Bonchev–Trinajstić information content (AvgIpc) is 2.85. The summed E-state index contributed by atoms with van der Waals surface area (Å²) in [6.45, 7) is 2.36. The molecule has 0 saturated carbocycles. The van der Waals surface area contributed by atoms with Crippen LogP contribution >= 0.6 is 7.26 Å². The predicted octanol–water partition coefficient (Wildman–Crippen LogP) is 5.53. The van der Waals surface area contributed by atoms with E-state index >= 15 is 0 Å². The topological polar surface area (TPSA) is 12.5 Å². The molecule has 0 amide bonds. The molecule has 3 heteroatoms. The van der Waals surface area contributed by atoms with Crippen LogP contribution in [0.2, 0.25) is 0 Å². The largest absolute Gasteiger partial charge is 0.497 e. The van der Waals surface area contributed by atoms with Gasteiger partial charge in [-0.3, -0.25) is 0 Å². The standard InChI is InChI=1S/C28H27NOP/c1-22-21-31(25-11-5-3-6-12-25,26-13-7-4-8-14-26)28-16-10-9-15-27(28)29(22)23-17-19-24(30-2)20-18-23/h3-20,22H,21H2,1-2H3/q+1. The van der Waals surface area contributed by atoms with Gasteiger partial charge in [0.2, 0.25) is 0 Å². The molecule has 1 aliphatic rings. The summed E-state index contributed by atoms with van der Waals surface area (Å²) in [7, 11) is -0.0659. The molecular formula is C28H27NOP+. The summed E-state index contributed by atoms with van der Waals surface area (Å²) in [6.07, 6.45) is 1.10. The highest BCUT2D eigenvalue weighted by Gasteiger charge is 2.52. The minimum Gasteiger partial charge on any atom is -0.497 e. The van der Waals surface area contributed by atoms with Gasteiger partial charge >= 0.3 is 0 Å². The second-order valence-corrected chi connectivity index (χ2v) is 11.6. The Balaban J connectivity index is 1.75. The van der Waals surface area contributed by atoms with Crippen LogP contribution in [0.3, 0.4) is 0 Å². The molecule has 4 aromatic rings. The first-order chi connectivity index (χ1) is 15.2. The van der Waals surface area contributed by atoms with Crippen molar-refractivity contribution in [1.29, 1.82) is 0 Å². The first kappa shape index (κ1) is 19.8. The Hall–Kier alpha value is -3.09. The van der Waals surface area contributed by atoms with E-state index in [0.29, 0.717) is 6.04 Å². The summed E-state index contributed by atoms with van der Waals surface area (Å²) in [4.78, 5) is 2.50. The van der Waals surface area contributed by atoms with Gasteiger partial charge in [0.25, 0.3) is 0 Å². The van der Waals surface area contributed by atoms with Crippen LogP contribution in [0.15, 0.2) is 109 Å². The molecule has 1 heterocycles. The lowest BCUT2D eigenvalue weighted by molar-refractivity contribution is 0.415. The number of ether oxygens (including phenoxy) is 1. The summed E-state index contributed by atoms with van der Waals surface area (Å²) in [5.74, 6) is 0.886. The van der Waals surface area contributed by atoms with E-state index in [0.717, 1.165) is 11.9 Å². The molecule has 1 unspecified atom stereocenters. The van der Waals surface area contributed by atoms with Gasteiger partial charge in [-0.15, -0.1) is 0 Å². The van der Waals surface area contributed by atoms with Crippen molar-refractivity contribution in [2.45, 2.75) is 13.0 Å². The first-order valence-corrected chi connectivity index (χ1v) is 12.7. The van der Waals surface area contributed by atoms with E-state index in [4.69, 9.17) is 4.74 Å². The fourth-order valence-electron chi connectivity index (χ4n) is 4.94. The SMILES string of the molecule is COc1ccc(N2c3ccccc3[P+](c3ccccc3)(c3ccccc3)CC2C)cc1. The van der Waals surface area contributed by atoms with Gasteiger partial charge in [0.15, 0.2) is 0 Å². The maximum absolute atomic E-state index is 5.39. The monoisotopic (exact) mass is 424 g/mol. The zero-order chi connectivity index (χ0) is 21.3. The number of nitrogens with zero attached hydrogens (tertiary/aromatic N) is 1.